The van der Waals surface area contributed by atoms with Gasteiger partial charge in [-0.2, -0.15) is 0 Å². The van der Waals surface area contributed by atoms with E-state index in [1.165, 1.54) is 6.42 Å². The van der Waals surface area contributed by atoms with Gasteiger partial charge in [-0.3, -0.25) is 4.79 Å². The Bertz CT molecular complexity index is 348. The smallest absolute Gasteiger partial charge is 0.332 e. The van der Waals surface area contributed by atoms with Crippen molar-refractivity contribution >= 4 is 23.5 Å². The largest absolute Gasteiger partial charge is 0.457 e. The monoisotopic (exact) mass is 303 g/mol. The summed E-state index contributed by atoms with van der Waals surface area (Å²) in [7, 11) is 0. The second-order valence-electron chi connectivity index (χ2n) is 4.83. The van der Waals surface area contributed by atoms with Crippen molar-refractivity contribution in [2.45, 2.75) is 44.2 Å². The quantitative estimate of drug-likeness (QED) is 0.322. The molecule has 0 saturated carbocycles. The SMILES string of the molecule is C=CCCCCCO.O=C1NC2C(=O)OC2C1CCCl. The van der Waals surface area contributed by atoms with Crippen LogP contribution in [0.1, 0.15) is 32.1 Å². The van der Waals surface area contributed by atoms with Gasteiger partial charge >= 0.3 is 5.97 Å². The molecule has 6 heteroatoms. The van der Waals surface area contributed by atoms with Crippen LogP contribution in [0.5, 0.6) is 0 Å². The van der Waals surface area contributed by atoms with Gasteiger partial charge in [-0.05, 0) is 25.7 Å². The van der Waals surface area contributed by atoms with Crippen LogP contribution in [0, 0.1) is 5.92 Å². The van der Waals surface area contributed by atoms with Crippen LogP contribution in [0.3, 0.4) is 0 Å². The molecule has 3 atom stereocenters. The molecule has 1 amide bonds. The molecule has 2 aliphatic heterocycles. The van der Waals surface area contributed by atoms with E-state index in [0.717, 1.165) is 19.3 Å². The Balaban J connectivity index is 0.000000221. The first-order valence-electron chi connectivity index (χ1n) is 6.94. The molecule has 0 spiro atoms. The van der Waals surface area contributed by atoms with E-state index in [9.17, 15) is 9.59 Å². The molecule has 20 heavy (non-hydrogen) atoms. The molecule has 0 bridgehead atoms. The number of halogens is 1. The van der Waals surface area contributed by atoms with E-state index < -0.39 is 6.04 Å². The summed E-state index contributed by atoms with van der Waals surface area (Å²) < 4.78 is 4.82. The number of nitrogens with one attached hydrogen (secondary N) is 1. The van der Waals surface area contributed by atoms with Gasteiger partial charge in [-0.25, -0.2) is 4.79 Å². The predicted molar refractivity (Wildman–Crippen MR) is 76.4 cm³/mol. The third kappa shape index (κ3) is 4.49. The second-order valence-corrected chi connectivity index (χ2v) is 5.21. The summed E-state index contributed by atoms with van der Waals surface area (Å²) >= 11 is 5.50. The van der Waals surface area contributed by atoms with Crippen molar-refractivity contribution in [3.8, 4) is 0 Å². The zero-order valence-corrected chi connectivity index (χ0v) is 12.3. The number of rotatable bonds is 7. The summed E-state index contributed by atoms with van der Waals surface area (Å²) in [6, 6.07) is -0.397. The molecule has 2 rings (SSSR count). The Hall–Kier alpha value is -1.07. The number of carbonyl (C=O) groups excluding carboxylic acids is 2. The molecule has 2 aliphatic rings. The molecule has 5 nitrogen and oxygen atoms in total. The standard InChI is InChI=1S/C7H8ClNO3.C7H14O/c8-2-1-3-5-4(7(11)12-5)9-6(3)10;1-2-3-4-5-6-7-8/h3-5H,1-2H2,(H,9,10);2,8H,1,3-7H2. The molecule has 2 heterocycles. The first kappa shape index (κ1) is 17.0. The molecule has 114 valence electrons. The van der Waals surface area contributed by atoms with Crippen LogP contribution < -0.4 is 5.32 Å². The van der Waals surface area contributed by atoms with E-state index in [1.807, 2.05) is 6.08 Å². The van der Waals surface area contributed by atoms with E-state index >= 15 is 0 Å². The van der Waals surface area contributed by atoms with Crippen LogP contribution in [0.25, 0.3) is 0 Å². The van der Waals surface area contributed by atoms with E-state index in [0.29, 0.717) is 18.9 Å². The van der Waals surface area contributed by atoms with Crippen LogP contribution in [-0.2, 0) is 14.3 Å². The highest BCUT2D eigenvalue weighted by Crippen LogP contribution is 2.31. The van der Waals surface area contributed by atoms with Crippen molar-refractivity contribution in [3.05, 3.63) is 12.7 Å². The molecule has 0 aliphatic carbocycles. The summed E-state index contributed by atoms with van der Waals surface area (Å²) in [4.78, 5) is 21.9. The van der Waals surface area contributed by atoms with Gasteiger partial charge in [0.2, 0.25) is 5.91 Å². The van der Waals surface area contributed by atoms with E-state index in [-0.39, 0.29) is 23.9 Å². The molecule has 0 radical (unpaired) electrons. The van der Waals surface area contributed by atoms with Crippen LogP contribution in [0.2, 0.25) is 0 Å². The van der Waals surface area contributed by atoms with E-state index in [4.69, 9.17) is 21.4 Å². The van der Waals surface area contributed by atoms with Crippen LogP contribution in [0.4, 0.5) is 0 Å². The number of allylic oxidation sites excluding steroid dienone is 1. The van der Waals surface area contributed by atoms with Crippen molar-refractivity contribution in [2.75, 3.05) is 12.5 Å². The first-order chi connectivity index (χ1) is 9.65. The maximum atomic E-state index is 11.2. The highest BCUT2D eigenvalue weighted by atomic mass is 35.5. The Kier molecular flexibility index (Phi) is 7.62. The summed E-state index contributed by atoms with van der Waals surface area (Å²) in [6.07, 6.45) is 6.54. The van der Waals surface area contributed by atoms with Gasteiger partial charge in [0.05, 0.1) is 5.92 Å². The lowest BCUT2D eigenvalue weighted by molar-refractivity contribution is -0.175. The number of aliphatic hydroxyl groups is 1. The summed E-state index contributed by atoms with van der Waals surface area (Å²) in [5.74, 6) is -0.258. The van der Waals surface area contributed by atoms with Gasteiger partial charge in [0, 0.05) is 12.5 Å². The van der Waals surface area contributed by atoms with Crippen molar-refractivity contribution in [2.24, 2.45) is 5.92 Å². The van der Waals surface area contributed by atoms with Crippen LogP contribution >= 0.6 is 11.6 Å². The Labute approximate surface area is 124 Å². The maximum Gasteiger partial charge on any atom is 0.332 e. The van der Waals surface area contributed by atoms with Crippen molar-refractivity contribution in [1.29, 1.82) is 0 Å². The number of unbranched alkanes of at least 4 members (excludes halogenated alkanes) is 3. The van der Waals surface area contributed by atoms with E-state index in [2.05, 4.69) is 11.9 Å². The fraction of sp³-hybridized carbons (Fsp3) is 0.714. The molecule has 0 aromatic carbocycles. The fourth-order valence-corrected chi connectivity index (χ4v) is 2.43. The zero-order chi connectivity index (χ0) is 15.0. The number of alkyl halides is 1. The highest BCUT2D eigenvalue weighted by Gasteiger charge is 2.55. The fourth-order valence-electron chi connectivity index (χ4n) is 2.19. The average molecular weight is 304 g/mol. The van der Waals surface area contributed by atoms with Crippen molar-refractivity contribution in [3.63, 3.8) is 0 Å². The van der Waals surface area contributed by atoms with Crippen molar-refractivity contribution in [1.82, 2.24) is 5.32 Å². The molecule has 0 aromatic rings. The number of ether oxygens (including phenoxy) is 1. The van der Waals surface area contributed by atoms with Gasteiger partial charge < -0.3 is 15.2 Å². The number of amides is 1. The normalized spacial score (nSPS) is 26.6. The number of hydrogen-bond acceptors (Lipinski definition) is 4. The lowest BCUT2D eigenvalue weighted by Gasteiger charge is -2.30. The van der Waals surface area contributed by atoms with Gasteiger partial charge in [0.15, 0.2) is 6.04 Å². The van der Waals surface area contributed by atoms with E-state index in [1.54, 1.807) is 0 Å². The molecule has 2 N–H and O–H groups in total. The maximum absolute atomic E-state index is 11.2. The second kappa shape index (κ2) is 8.97. The number of fused-ring (bicyclic) bond motifs is 1. The van der Waals surface area contributed by atoms with Gasteiger partial charge in [0.25, 0.3) is 0 Å². The van der Waals surface area contributed by atoms with Crippen LogP contribution in [-0.4, -0.2) is 41.6 Å². The molecule has 2 fully saturated rings. The third-order valence-corrected chi connectivity index (χ3v) is 3.57. The molecule has 0 aromatic heterocycles. The Morgan fingerprint density at radius 2 is 2.10 bits per heavy atom. The molecular formula is C14H22ClNO4. The topological polar surface area (TPSA) is 75.6 Å². The summed E-state index contributed by atoms with van der Waals surface area (Å²) in [6.45, 7) is 3.93. The van der Waals surface area contributed by atoms with Gasteiger partial charge in [-0.1, -0.05) is 12.5 Å². The Morgan fingerprint density at radius 3 is 2.60 bits per heavy atom. The Morgan fingerprint density at radius 1 is 1.35 bits per heavy atom. The van der Waals surface area contributed by atoms with Crippen LogP contribution in [0.15, 0.2) is 12.7 Å². The number of aliphatic hydroxyl groups excluding tert-OH is 1. The minimum absolute atomic E-state index is 0.114. The lowest BCUT2D eigenvalue weighted by atomic mass is 9.95. The summed E-state index contributed by atoms with van der Waals surface area (Å²) in [5, 5.41) is 10.9. The van der Waals surface area contributed by atoms with Gasteiger partial charge in [-0.15, -0.1) is 18.2 Å². The minimum atomic E-state index is -0.397. The van der Waals surface area contributed by atoms with Crippen molar-refractivity contribution < 1.29 is 19.4 Å². The number of carbonyl (C=O) groups is 2. The first-order valence-corrected chi connectivity index (χ1v) is 7.47. The average Bonchev–Trinajstić information content (AvgIpc) is 2.69. The molecular weight excluding hydrogens is 282 g/mol. The molecule has 2 saturated heterocycles. The summed E-state index contributed by atoms with van der Waals surface area (Å²) in [5.41, 5.74) is 0. The number of hydrogen-bond donors (Lipinski definition) is 2. The lowest BCUT2D eigenvalue weighted by Crippen LogP contribution is -2.53. The predicted octanol–water partition coefficient (Wildman–Crippen LogP) is 1.38. The minimum Gasteiger partial charge on any atom is -0.457 e. The third-order valence-electron chi connectivity index (χ3n) is 3.35. The number of esters is 1. The highest BCUT2D eigenvalue weighted by molar-refractivity contribution is 6.18. The molecule has 3 unspecified atom stereocenters. The zero-order valence-electron chi connectivity index (χ0n) is 11.5. The van der Waals surface area contributed by atoms with Gasteiger partial charge in [0.1, 0.15) is 6.10 Å².